The molecule has 6 nitrogen and oxygen atoms in total. The molecule has 23 heavy (non-hydrogen) atoms. The zero-order chi connectivity index (χ0) is 16.6. The SMILES string of the molecule is CC(C)CNC(=O)CN1C(=O)NC2(CCCc3sccc32)C1=O. The molecular formula is C16H21N3O3S. The van der Waals surface area contributed by atoms with Crippen LogP contribution in [0, 0.1) is 5.92 Å². The molecule has 0 radical (unpaired) electrons. The number of carbonyl (C=O) groups is 3. The smallest absolute Gasteiger partial charge is 0.325 e. The topological polar surface area (TPSA) is 78.5 Å². The molecule has 2 aliphatic rings. The molecule has 0 saturated carbocycles. The molecule has 1 aliphatic carbocycles. The third-order valence-corrected chi connectivity index (χ3v) is 5.33. The van der Waals surface area contributed by atoms with Crippen LogP contribution in [0.4, 0.5) is 4.79 Å². The summed E-state index contributed by atoms with van der Waals surface area (Å²) in [5, 5.41) is 7.54. The van der Waals surface area contributed by atoms with Gasteiger partial charge in [-0.25, -0.2) is 4.79 Å². The first-order valence-electron chi connectivity index (χ1n) is 7.91. The summed E-state index contributed by atoms with van der Waals surface area (Å²) < 4.78 is 0. The van der Waals surface area contributed by atoms with Gasteiger partial charge in [-0.05, 0) is 36.6 Å². The third kappa shape index (κ3) is 2.73. The molecule has 1 aromatic heterocycles. The number of carbonyl (C=O) groups excluding carboxylic acids is 3. The van der Waals surface area contributed by atoms with Crippen LogP contribution in [0.5, 0.6) is 0 Å². The molecule has 3 rings (SSSR count). The van der Waals surface area contributed by atoms with E-state index in [4.69, 9.17) is 0 Å². The van der Waals surface area contributed by atoms with Crippen LogP contribution in [0.25, 0.3) is 0 Å². The van der Waals surface area contributed by atoms with Gasteiger partial charge < -0.3 is 10.6 Å². The maximum absolute atomic E-state index is 12.9. The van der Waals surface area contributed by atoms with Gasteiger partial charge in [0.25, 0.3) is 5.91 Å². The number of fused-ring (bicyclic) bond motifs is 2. The van der Waals surface area contributed by atoms with Gasteiger partial charge in [-0.3, -0.25) is 14.5 Å². The Morgan fingerprint density at radius 3 is 3.00 bits per heavy atom. The van der Waals surface area contributed by atoms with Crippen LogP contribution in [0.2, 0.25) is 0 Å². The van der Waals surface area contributed by atoms with Crippen molar-refractivity contribution >= 4 is 29.2 Å². The Kier molecular flexibility index (Phi) is 4.14. The quantitative estimate of drug-likeness (QED) is 0.821. The minimum atomic E-state index is -0.969. The highest BCUT2D eigenvalue weighted by Gasteiger charge is 2.54. The second-order valence-electron chi connectivity index (χ2n) is 6.54. The van der Waals surface area contributed by atoms with E-state index in [9.17, 15) is 14.4 Å². The number of hydrogen-bond acceptors (Lipinski definition) is 4. The fraction of sp³-hybridized carbons (Fsp3) is 0.562. The van der Waals surface area contributed by atoms with Crippen LogP contribution in [0.15, 0.2) is 11.4 Å². The third-order valence-electron chi connectivity index (χ3n) is 4.35. The van der Waals surface area contributed by atoms with Crippen LogP contribution >= 0.6 is 11.3 Å². The van der Waals surface area contributed by atoms with Crippen molar-refractivity contribution in [2.24, 2.45) is 5.92 Å². The van der Waals surface area contributed by atoms with Crippen molar-refractivity contribution in [1.82, 2.24) is 15.5 Å². The number of imide groups is 1. The van der Waals surface area contributed by atoms with E-state index in [0.29, 0.717) is 18.9 Å². The highest BCUT2D eigenvalue weighted by atomic mass is 32.1. The second-order valence-corrected chi connectivity index (χ2v) is 7.54. The number of rotatable bonds is 4. The average Bonchev–Trinajstić information content (AvgIpc) is 3.06. The number of thiophene rings is 1. The van der Waals surface area contributed by atoms with Crippen LogP contribution < -0.4 is 10.6 Å². The Bertz CT molecular complexity index is 655. The number of nitrogens with one attached hydrogen (secondary N) is 2. The summed E-state index contributed by atoms with van der Waals surface area (Å²) in [6.07, 6.45) is 2.38. The predicted molar refractivity (Wildman–Crippen MR) is 87.0 cm³/mol. The monoisotopic (exact) mass is 335 g/mol. The van der Waals surface area contributed by atoms with E-state index >= 15 is 0 Å². The first-order chi connectivity index (χ1) is 10.9. The van der Waals surface area contributed by atoms with E-state index in [2.05, 4.69) is 10.6 Å². The minimum Gasteiger partial charge on any atom is -0.354 e. The average molecular weight is 335 g/mol. The molecule has 1 fully saturated rings. The molecule has 2 heterocycles. The first kappa shape index (κ1) is 16.0. The summed E-state index contributed by atoms with van der Waals surface area (Å²) >= 11 is 1.61. The summed E-state index contributed by atoms with van der Waals surface area (Å²) in [7, 11) is 0. The molecule has 0 aromatic carbocycles. The van der Waals surface area contributed by atoms with Crippen molar-refractivity contribution < 1.29 is 14.4 Å². The molecule has 0 bridgehead atoms. The molecule has 1 spiro atoms. The molecule has 2 N–H and O–H groups in total. The molecule has 1 aromatic rings. The van der Waals surface area contributed by atoms with Crippen molar-refractivity contribution in [3.05, 3.63) is 21.9 Å². The van der Waals surface area contributed by atoms with Gasteiger partial charge in [-0.15, -0.1) is 11.3 Å². The normalized spacial score (nSPS) is 23.3. The van der Waals surface area contributed by atoms with Gasteiger partial charge >= 0.3 is 6.03 Å². The second kappa shape index (κ2) is 5.96. The van der Waals surface area contributed by atoms with Crippen LogP contribution in [0.1, 0.15) is 37.1 Å². The zero-order valence-corrected chi connectivity index (χ0v) is 14.2. The maximum Gasteiger partial charge on any atom is 0.325 e. The number of amides is 4. The van der Waals surface area contributed by atoms with Crippen molar-refractivity contribution in [3.63, 3.8) is 0 Å². The molecule has 1 unspecified atom stereocenters. The molecule has 4 amide bonds. The van der Waals surface area contributed by atoms with Crippen LogP contribution in [0.3, 0.4) is 0 Å². The Labute approximate surface area is 139 Å². The zero-order valence-electron chi connectivity index (χ0n) is 13.3. The van der Waals surface area contributed by atoms with Crippen molar-refractivity contribution in [3.8, 4) is 0 Å². The lowest BCUT2D eigenvalue weighted by molar-refractivity contribution is -0.135. The largest absolute Gasteiger partial charge is 0.354 e. The molecule has 1 aliphatic heterocycles. The van der Waals surface area contributed by atoms with Gasteiger partial charge in [0.2, 0.25) is 5.91 Å². The van der Waals surface area contributed by atoms with Gasteiger partial charge in [0.05, 0.1) is 0 Å². The molecule has 124 valence electrons. The van der Waals surface area contributed by atoms with Gasteiger partial charge in [-0.1, -0.05) is 13.8 Å². The van der Waals surface area contributed by atoms with E-state index in [1.165, 1.54) is 0 Å². The van der Waals surface area contributed by atoms with Crippen LogP contribution in [-0.4, -0.2) is 35.8 Å². The number of urea groups is 1. The first-order valence-corrected chi connectivity index (χ1v) is 8.79. The Morgan fingerprint density at radius 1 is 1.48 bits per heavy atom. The number of aryl methyl sites for hydroxylation is 1. The highest BCUT2D eigenvalue weighted by molar-refractivity contribution is 7.10. The van der Waals surface area contributed by atoms with E-state index in [1.807, 2.05) is 25.3 Å². The Hall–Kier alpha value is -1.89. The standard InChI is InChI=1S/C16H21N3O3S/c1-10(2)8-17-13(20)9-19-14(21)16(18-15(19)22)6-3-4-12-11(16)5-7-23-12/h5,7,10H,3-4,6,8-9H2,1-2H3,(H,17,20)(H,18,22). The predicted octanol–water partition coefficient (Wildman–Crippen LogP) is 1.60. The lowest BCUT2D eigenvalue weighted by atomic mass is 9.80. The van der Waals surface area contributed by atoms with Crippen LogP contribution in [-0.2, 0) is 21.5 Å². The van der Waals surface area contributed by atoms with Gasteiger partial charge in [-0.2, -0.15) is 0 Å². The molecule has 7 heteroatoms. The van der Waals surface area contributed by atoms with Crippen molar-refractivity contribution in [2.45, 2.75) is 38.6 Å². The summed E-state index contributed by atoms with van der Waals surface area (Å²) in [4.78, 5) is 39.3. The molecular weight excluding hydrogens is 314 g/mol. The maximum atomic E-state index is 12.9. The van der Waals surface area contributed by atoms with Gasteiger partial charge in [0.15, 0.2) is 0 Å². The van der Waals surface area contributed by atoms with E-state index < -0.39 is 11.6 Å². The van der Waals surface area contributed by atoms with E-state index in [-0.39, 0.29) is 18.4 Å². The fourth-order valence-electron chi connectivity index (χ4n) is 3.20. The van der Waals surface area contributed by atoms with Crippen molar-refractivity contribution in [1.29, 1.82) is 0 Å². The summed E-state index contributed by atoms with van der Waals surface area (Å²) in [5.41, 5.74) is -0.0691. The summed E-state index contributed by atoms with van der Waals surface area (Å²) in [6.45, 7) is 4.28. The summed E-state index contributed by atoms with van der Waals surface area (Å²) in [5.74, 6) is -0.290. The van der Waals surface area contributed by atoms with Gasteiger partial charge in [0.1, 0.15) is 12.1 Å². The lowest BCUT2D eigenvalue weighted by Gasteiger charge is -2.31. The molecule has 1 atom stereocenters. The van der Waals surface area contributed by atoms with E-state index in [1.54, 1.807) is 11.3 Å². The molecule has 1 saturated heterocycles. The minimum absolute atomic E-state index is 0.224. The Morgan fingerprint density at radius 2 is 2.26 bits per heavy atom. The number of hydrogen-bond donors (Lipinski definition) is 2. The number of nitrogens with zero attached hydrogens (tertiary/aromatic N) is 1. The van der Waals surface area contributed by atoms with Crippen molar-refractivity contribution in [2.75, 3.05) is 13.1 Å². The highest BCUT2D eigenvalue weighted by Crippen LogP contribution is 2.41. The lowest BCUT2D eigenvalue weighted by Crippen LogP contribution is -2.47. The Balaban J connectivity index is 1.78. The van der Waals surface area contributed by atoms with E-state index in [0.717, 1.165) is 28.2 Å². The fourth-order valence-corrected chi connectivity index (χ4v) is 4.20. The van der Waals surface area contributed by atoms with Gasteiger partial charge in [0, 0.05) is 17.0 Å². The summed E-state index contributed by atoms with van der Waals surface area (Å²) in [6, 6.07) is 1.44.